The number of aliphatic hydroxyl groups is 1. The Morgan fingerprint density at radius 3 is 2.63 bits per heavy atom. The second-order valence-corrected chi connectivity index (χ2v) is 5.14. The predicted molar refractivity (Wildman–Crippen MR) is 79.9 cm³/mol. The molecule has 0 spiro atoms. The first-order valence-electron chi connectivity index (χ1n) is 6.09. The van der Waals surface area contributed by atoms with Crippen LogP contribution in [0.2, 0.25) is 0 Å². The maximum Gasteiger partial charge on any atom is 0.223 e. The Morgan fingerprint density at radius 1 is 1.37 bits per heavy atom. The molecule has 1 amide bonds. The Balaban J connectivity index is 2.55. The summed E-state index contributed by atoms with van der Waals surface area (Å²) in [4.78, 5) is 13.5. The number of carbonyl (C=O) groups is 1. The Bertz CT molecular complexity index is 459. The zero-order chi connectivity index (χ0) is 14.1. The molecule has 0 atom stereocenters. The summed E-state index contributed by atoms with van der Waals surface area (Å²) in [5.41, 5.74) is 1.95. The average molecular weight is 277 g/mol. The lowest BCUT2D eigenvalue weighted by molar-refractivity contribution is -0.129. The SMILES string of the molecule is CSCCC(=O)N(C)Cc1ccc(C#CCO)cc1. The van der Waals surface area contributed by atoms with Gasteiger partial charge in [0.1, 0.15) is 6.61 Å². The second-order valence-electron chi connectivity index (χ2n) is 4.15. The molecule has 0 aliphatic rings. The fourth-order valence-corrected chi connectivity index (χ4v) is 1.96. The molecule has 0 saturated heterocycles. The Kier molecular flexibility index (Phi) is 7.09. The molecule has 19 heavy (non-hydrogen) atoms. The molecule has 1 rings (SSSR count). The van der Waals surface area contributed by atoms with Crippen LogP contribution >= 0.6 is 11.8 Å². The molecule has 0 aliphatic heterocycles. The molecule has 0 radical (unpaired) electrons. The molecule has 1 aromatic rings. The summed E-state index contributed by atoms with van der Waals surface area (Å²) in [6.45, 7) is 0.482. The number of hydrogen-bond acceptors (Lipinski definition) is 3. The van der Waals surface area contributed by atoms with E-state index < -0.39 is 0 Å². The fraction of sp³-hybridized carbons (Fsp3) is 0.400. The van der Waals surface area contributed by atoms with Gasteiger partial charge in [-0.3, -0.25) is 4.79 Å². The van der Waals surface area contributed by atoms with Crippen molar-refractivity contribution < 1.29 is 9.90 Å². The highest BCUT2D eigenvalue weighted by Gasteiger charge is 2.08. The molecule has 0 bridgehead atoms. The molecule has 0 aliphatic carbocycles. The third-order valence-corrected chi connectivity index (χ3v) is 3.24. The third kappa shape index (κ3) is 5.82. The highest BCUT2D eigenvalue weighted by Crippen LogP contribution is 2.08. The van der Waals surface area contributed by atoms with Crippen LogP contribution in [0.5, 0.6) is 0 Å². The molecule has 3 nitrogen and oxygen atoms in total. The van der Waals surface area contributed by atoms with E-state index in [-0.39, 0.29) is 12.5 Å². The molecule has 1 aromatic carbocycles. The van der Waals surface area contributed by atoms with Crippen LogP contribution in [0.1, 0.15) is 17.5 Å². The summed E-state index contributed by atoms with van der Waals surface area (Å²) in [5.74, 6) is 6.47. The molecule has 0 saturated carbocycles. The van der Waals surface area contributed by atoms with Crippen molar-refractivity contribution in [2.75, 3.05) is 25.7 Å². The third-order valence-electron chi connectivity index (χ3n) is 2.63. The predicted octanol–water partition coefficient (Wildman–Crippen LogP) is 1.74. The van der Waals surface area contributed by atoms with Crippen LogP contribution in [0.15, 0.2) is 24.3 Å². The van der Waals surface area contributed by atoms with Gasteiger partial charge in [-0.25, -0.2) is 0 Å². The molecule has 102 valence electrons. The number of carbonyl (C=O) groups excluding carboxylic acids is 1. The number of hydrogen-bond donors (Lipinski definition) is 1. The maximum absolute atomic E-state index is 11.8. The lowest BCUT2D eigenvalue weighted by atomic mass is 10.1. The number of aliphatic hydroxyl groups excluding tert-OH is 1. The number of benzene rings is 1. The van der Waals surface area contributed by atoms with Crippen LogP contribution < -0.4 is 0 Å². The second kappa shape index (κ2) is 8.63. The zero-order valence-electron chi connectivity index (χ0n) is 11.3. The van der Waals surface area contributed by atoms with Crippen molar-refractivity contribution in [1.29, 1.82) is 0 Å². The zero-order valence-corrected chi connectivity index (χ0v) is 12.2. The first-order valence-corrected chi connectivity index (χ1v) is 7.48. The summed E-state index contributed by atoms with van der Waals surface area (Å²) in [5, 5.41) is 8.61. The van der Waals surface area contributed by atoms with Crippen molar-refractivity contribution in [1.82, 2.24) is 4.90 Å². The van der Waals surface area contributed by atoms with E-state index in [2.05, 4.69) is 11.8 Å². The molecule has 0 unspecified atom stereocenters. The lowest BCUT2D eigenvalue weighted by Gasteiger charge is -2.17. The molecule has 0 fully saturated rings. The van der Waals surface area contributed by atoms with Gasteiger partial charge in [-0.15, -0.1) is 0 Å². The first kappa shape index (κ1) is 15.6. The Morgan fingerprint density at radius 2 is 2.05 bits per heavy atom. The summed E-state index contributed by atoms with van der Waals surface area (Å²) >= 11 is 1.68. The van der Waals surface area contributed by atoms with E-state index in [0.717, 1.165) is 16.9 Å². The van der Waals surface area contributed by atoms with Crippen LogP contribution in [0, 0.1) is 11.8 Å². The highest BCUT2D eigenvalue weighted by molar-refractivity contribution is 7.98. The van der Waals surface area contributed by atoms with Gasteiger partial charge in [0, 0.05) is 31.3 Å². The van der Waals surface area contributed by atoms with E-state index in [1.54, 1.807) is 16.7 Å². The fourth-order valence-electron chi connectivity index (χ4n) is 1.58. The van der Waals surface area contributed by atoms with Gasteiger partial charge in [-0.05, 0) is 24.0 Å². The summed E-state index contributed by atoms with van der Waals surface area (Å²) in [6.07, 6.45) is 2.58. The van der Waals surface area contributed by atoms with Crippen molar-refractivity contribution in [3.8, 4) is 11.8 Å². The van der Waals surface area contributed by atoms with E-state index >= 15 is 0 Å². The largest absolute Gasteiger partial charge is 0.384 e. The molecular weight excluding hydrogens is 258 g/mol. The standard InChI is InChI=1S/C15H19NO2S/c1-16(15(18)9-11-19-2)12-14-7-5-13(6-8-14)4-3-10-17/h5-8,17H,9-12H2,1-2H3. The molecule has 0 aromatic heterocycles. The van der Waals surface area contributed by atoms with Gasteiger partial charge in [0.2, 0.25) is 5.91 Å². The average Bonchev–Trinajstić information content (AvgIpc) is 2.43. The topological polar surface area (TPSA) is 40.5 Å². The monoisotopic (exact) mass is 277 g/mol. The van der Waals surface area contributed by atoms with Gasteiger partial charge >= 0.3 is 0 Å². The highest BCUT2D eigenvalue weighted by atomic mass is 32.2. The Labute approximate surface area is 119 Å². The van der Waals surface area contributed by atoms with Crippen LogP contribution in [0.4, 0.5) is 0 Å². The number of amides is 1. The van der Waals surface area contributed by atoms with Crippen LogP contribution in [-0.4, -0.2) is 41.6 Å². The number of thioether (sulfide) groups is 1. The van der Waals surface area contributed by atoms with Gasteiger partial charge in [-0.1, -0.05) is 24.0 Å². The van der Waals surface area contributed by atoms with E-state index in [1.165, 1.54) is 0 Å². The van der Waals surface area contributed by atoms with Crippen LogP contribution in [0.3, 0.4) is 0 Å². The van der Waals surface area contributed by atoms with E-state index in [4.69, 9.17) is 5.11 Å². The summed E-state index contributed by atoms with van der Waals surface area (Å²) in [7, 11) is 1.82. The number of rotatable bonds is 5. The van der Waals surface area contributed by atoms with Crippen LogP contribution in [-0.2, 0) is 11.3 Å². The lowest BCUT2D eigenvalue weighted by Crippen LogP contribution is -2.26. The van der Waals surface area contributed by atoms with Crippen molar-refractivity contribution in [2.24, 2.45) is 0 Å². The normalized spacial score (nSPS) is 9.63. The minimum atomic E-state index is -0.131. The van der Waals surface area contributed by atoms with Gasteiger partial charge in [0.05, 0.1) is 0 Å². The van der Waals surface area contributed by atoms with Gasteiger partial charge in [0.25, 0.3) is 0 Å². The molecule has 4 heteroatoms. The number of nitrogens with zero attached hydrogens (tertiary/aromatic N) is 1. The van der Waals surface area contributed by atoms with E-state index in [1.807, 2.05) is 37.6 Å². The minimum absolute atomic E-state index is 0.131. The van der Waals surface area contributed by atoms with E-state index in [9.17, 15) is 4.79 Å². The van der Waals surface area contributed by atoms with Crippen molar-refractivity contribution in [3.63, 3.8) is 0 Å². The van der Waals surface area contributed by atoms with Gasteiger partial charge in [0.15, 0.2) is 0 Å². The van der Waals surface area contributed by atoms with Crippen molar-refractivity contribution in [2.45, 2.75) is 13.0 Å². The minimum Gasteiger partial charge on any atom is -0.384 e. The van der Waals surface area contributed by atoms with E-state index in [0.29, 0.717) is 13.0 Å². The first-order chi connectivity index (χ1) is 9.17. The van der Waals surface area contributed by atoms with Crippen molar-refractivity contribution in [3.05, 3.63) is 35.4 Å². The smallest absolute Gasteiger partial charge is 0.223 e. The summed E-state index contributed by atoms with van der Waals surface area (Å²) < 4.78 is 0. The van der Waals surface area contributed by atoms with Crippen molar-refractivity contribution >= 4 is 17.7 Å². The maximum atomic E-state index is 11.8. The molecule has 1 N–H and O–H groups in total. The van der Waals surface area contributed by atoms with Crippen LogP contribution in [0.25, 0.3) is 0 Å². The summed E-state index contributed by atoms with van der Waals surface area (Å²) in [6, 6.07) is 7.72. The van der Waals surface area contributed by atoms with Gasteiger partial charge in [-0.2, -0.15) is 11.8 Å². The molecule has 0 heterocycles. The molecular formula is C15H19NO2S. The quantitative estimate of drug-likeness (QED) is 0.834. The Hall–Kier alpha value is -1.44. The van der Waals surface area contributed by atoms with Gasteiger partial charge < -0.3 is 10.0 Å².